The summed E-state index contributed by atoms with van der Waals surface area (Å²) in [5, 5.41) is 6.56. The van der Waals surface area contributed by atoms with Crippen molar-refractivity contribution in [3.05, 3.63) is 36.4 Å². The van der Waals surface area contributed by atoms with E-state index in [1.165, 1.54) is 11.3 Å². The summed E-state index contributed by atoms with van der Waals surface area (Å²) in [4.78, 5) is 4.74. The van der Waals surface area contributed by atoms with Crippen LogP contribution >= 0.6 is 45.9 Å². The van der Waals surface area contributed by atoms with E-state index < -0.39 is 0 Å². The van der Waals surface area contributed by atoms with Crippen molar-refractivity contribution in [3.8, 4) is 0 Å². The van der Waals surface area contributed by atoms with Gasteiger partial charge in [0, 0.05) is 28.8 Å². The highest BCUT2D eigenvalue weighted by Crippen LogP contribution is 2.36. The van der Waals surface area contributed by atoms with Crippen molar-refractivity contribution in [2.75, 3.05) is 7.05 Å². The molecule has 110 valence electrons. The largest absolute Gasteiger partial charge is 0.313 e. The summed E-state index contributed by atoms with van der Waals surface area (Å²) >= 11 is 15.4. The van der Waals surface area contributed by atoms with Crippen LogP contribution in [-0.2, 0) is 11.8 Å². The number of halogens is 2. The van der Waals surface area contributed by atoms with Crippen LogP contribution in [0.4, 0.5) is 0 Å². The van der Waals surface area contributed by atoms with Crippen LogP contribution in [0.5, 0.6) is 0 Å². The highest BCUT2D eigenvalue weighted by atomic mass is 35.5. The molecule has 0 aromatic carbocycles. The van der Waals surface area contributed by atoms with Crippen LogP contribution in [0.3, 0.4) is 0 Å². The first-order valence-electron chi connectivity index (χ1n) is 6.38. The van der Waals surface area contributed by atoms with E-state index in [1.807, 2.05) is 13.1 Å². The van der Waals surface area contributed by atoms with Gasteiger partial charge in [0.15, 0.2) is 0 Å². The summed E-state index contributed by atoms with van der Waals surface area (Å²) in [7, 11) is 1.94. The molecule has 0 spiro atoms. The maximum absolute atomic E-state index is 6.24. The molecule has 2 aromatic rings. The minimum absolute atomic E-state index is 0.0905. The van der Waals surface area contributed by atoms with Crippen molar-refractivity contribution in [2.24, 2.45) is 0 Å². The summed E-state index contributed by atoms with van der Waals surface area (Å²) in [6, 6.07) is 2.08. The van der Waals surface area contributed by atoms with Gasteiger partial charge in [0.05, 0.1) is 19.4 Å². The summed E-state index contributed by atoms with van der Waals surface area (Å²) < 4.78 is 1.47. The molecule has 6 heteroatoms. The zero-order valence-electron chi connectivity index (χ0n) is 12.0. The van der Waals surface area contributed by atoms with Gasteiger partial charge in [-0.25, -0.2) is 4.98 Å². The molecule has 0 aliphatic carbocycles. The van der Waals surface area contributed by atoms with Crippen LogP contribution in [-0.4, -0.2) is 12.0 Å². The second-order valence-corrected chi connectivity index (χ2v) is 8.93. The molecule has 2 heterocycles. The van der Waals surface area contributed by atoms with Crippen molar-refractivity contribution < 1.29 is 0 Å². The van der Waals surface area contributed by atoms with E-state index in [0.717, 1.165) is 31.4 Å². The Hall–Kier alpha value is -0.130. The number of rotatable bonds is 4. The molecule has 20 heavy (non-hydrogen) atoms. The van der Waals surface area contributed by atoms with E-state index in [9.17, 15) is 0 Å². The number of nitrogens with zero attached hydrogens (tertiary/aromatic N) is 1. The summed E-state index contributed by atoms with van der Waals surface area (Å²) in [6.45, 7) is 6.53. The molecule has 0 aliphatic rings. The van der Waals surface area contributed by atoms with E-state index in [2.05, 4.69) is 31.5 Å². The first-order valence-corrected chi connectivity index (χ1v) is 8.83. The lowest BCUT2D eigenvalue weighted by molar-refractivity contribution is 0.560. The molecule has 0 bridgehead atoms. The topological polar surface area (TPSA) is 24.9 Å². The van der Waals surface area contributed by atoms with Gasteiger partial charge >= 0.3 is 0 Å². The Balaban J connectivity index is 2.19. The molecule has 2 aromatic heterocycles. The SMILES string of the molecule is CNC(Cc1nc(C(C)(C)C)cs1)c1cc(Cl)sc1Cl. The zero-order valence-corrected chi connectivity index (χ0v) is 15.1. The molecule has 0 saturated carbocycles. The number of hydrogen-bond acceptors (Lipinski definition) is 4. The monoisotopic (exact) mass is 348 g/mol. The van der Waals surface area contributed by atoms with Gasteiger partial charge in [-0.3, -0.25) is 0 Å². The minimum Gasteiger partial charge on any atom is -0.313 e. The fourth-order valence-electron chi connectivity index (χ4n) is 1.88. The number of nitrogens with one attached hydrogen (secondary N) is 1. The van der Waals surface area contributed by atoms with Crippen molar-refractivity contribution >= 4 is 45.9 Å². The molecule has 0 aliphatic heterocycles. The third-order valence-electron chi connectivity index (χ3n) is 3.11. The first kappa shape index (κ1) is 16.2. The Labute approximate surface area is 138 Å². The lowest BCUT2D eigenvalue weighted by Gasteiger charge is -2.15. The molecule has 2 nitrogen and oxygen atoms in total. The molecule has 2 rings (SSSR count). The Kier molecular flexibility index (Phi) is 5.14. The Morgan fingerprint density at radius 1 is 1.35 bits per heavy atom. The number of aromatic nitrogens is 1. The van der Waals surface area contributed by atoms with E-state index in [4.69, 9.17) is 28.2 Å². The van der Waals surface area contributed by atoms with Gasteiger partial charge in [0.1, 0.15) is 0 Å². The van der Waals surface area contributed by atoms with Crippen molar-refractivity contribution in [1.82, 2.24) is 10.3 Å². The second kappa shape index (κ2) is 6.32. The van der Waals surface area contributed by atoms with Gasteiger partial charge < -0.3 is 5.32 Å². The molecular formula is C14H18Cl2N2S2. The fourth-order valence-corrected chi connectivity index (χ4v) is 4.53. The lowest BCUT2D eigenvalue weighted by Crippen LogP contribution is -2.19. The van der Waals surface area contributed by atoms with Gasteiger partial charge in [0.2, 0.25) is 0 Å². The van der Waals surface area contributed by atoms with E-state index in [1.54, 1.807) is 11.3 Å². The van der Waals surface area contributed by atoms with Crippen LogP contribution in [0, 0.1) is 0 Å². The second-order valence-electron chi connectivity index (χ2n) is 5.70. The number of thiazole rings is 1. The van der Waals surface area contributed by atoms with Crippen LogP contribution in [0.15, 0.2) is 11.4 Å². The van der Waals surface area contributed by atoms with Crippen LogP contribution < -0.4 is 5.32 Å². The third kappa shape index (κ3) is 3.74. The van der Waals surface area contributed by atoms with Gasteiger partial charge in [-0.15, -0.1) is 22.7 Å². The fraction of sp³-hybridized carbons (Fsp3) is 0.500. The number of thiophene rings is 1. The average molecular weight is 349 g/mol. The molecular weight excluding hydrogens is 331 g/mol. The molecule has 0 saturated heterocycles. The Bertz CT molecular complexity index is 584. The molecule has 0 fully saturated rings. The number of likely N-dealkylation sites (N-methyl/N-ethyl adjacent to an activating group) is 1. The van der Waals surface area contributed by atoms with Crippen LogP contribution in [0.2, 0.25) is 8.67 Å². The molecule has 1 N–H and O–H groups in total. The quantitative estimate of drug-likeness (QED) is 0.809. The first-order chi connectivity index (χ1) is 9.31. The van der Waals surface area contributed by atoms with Crippen molar-refractivity contribution in [2.45, 2.75) is 38.6 Å². The zero-order chi connectivity index (χ0) is 14.9. The molecule has 0 amide bonds. The predicted octanol–water partition coefficient (Wildman–Crippen LogP) is 5.31. The molecule has 1 unspecified atom stereocenters. The standard InChI is InChI=1S/C14H18Cl2N2S2/c1-14(2,3)10-7-19-12(18-10)6-9(17-4)8-5-11(15)20-13(8)16/h5,7,9,17H,6H2,1-4H3. The maximum Gasteiger partial charge on any atom is 0.0992 e. The lowest BCUT2D eigenvalue weighted by atomic mass is 9.93. The Morgan fingerprint density at radius 3 is 2.50 bits per heavy atom. The Morgan fingerprint density at radius 2 is 2.05 bits per heavy atom. The highest BCUT2D eigenvalue weighted by molar-refractivity contribution is 7.20. The van der Waals surface area contributed by atoms with E-state index in [0.29, 0.717) is 0 Å². The summed E-state index contributed by atoms with van der Waals surface area (Å²) in [6.07, 6.45) is 0.823. The van der Waals surface area contributed by atoms with Gasteiger partial charge in [-0.2, -0.15) is 0 Å². The maximum atomic E-state index is 6.24. The van der Waals surface area contributed by atoms with Crippen LogP contribution in [0.25, 0.3) is 0 Å². The third-order valence-corrected chi connectivity index (χ3v) is 5.49. The average Bonchev–Trinajstić information content (AvgIpc) is 2.92. The van der Waals surface area contributed by atoms with Crippen molar-refractivity contribution in [1.29, 1.82) is 0 Å². The molecule has 1 atom stereocenters. The van der Waals surface area contributed by atoms with Gasteiger partial charge in [-0.05, 0) is 13.1 Å². The number of hydrogen-bond donors (Lipinski definition) is 1. The predicted molar refractivity (Wildman–Crippen MR) is 90.7 cm³/mol. The normalized spacial score (nSPS) is 13.7. The highest BCUT2D eigenvalue weighted by Gasteiger charge is 2.21. The smallest absolute Gasteiger partial charge is 0.0992 e. The van der Waals surface area contributed by atoms with E-state index in [-0.39, 0.29) is 11.5 Å². The van der Waals surface area contributed by atoms with Gasteiger partial charge in [0.25, 0.3) is 0 Å². The summed E-state index contributed by atoms with van der Waals surface area (Å²) in [5.74, 6) is 0. The summed E-state index contributed by atoms with van der Waals surface area (Å²) in [5.41, 5.74) is 2.28. The molecule has 0 radical (unpaired) electrons. The van der Waals surface area contributed by atoms with Gasteiger partial charge in [-0.1, -0.05) is 44.0 Å². The van der Waals surface area contributed by atoms with Crippen LogP contribution in [0.1, 0.15) is 43.1 Å². The van der Waals surface area contributed by atoms with Crippen molar-refractivity contribution in [3.63, 3.8) is 0 Å². The minimum atomic E-state index is 0.0905. The van der Waals surface area contributed by atoms with E-state index >= 15 is 0 Å².